The average molecular weight is 299 g/mol. The first-order valence-corrected chi connectivity index (χ1v) is 7.14. The number of rotatable bonds is 2. The number of para-hydroxylation sites is 1. The van der Waals surface area contributed by atoms with Crippen LogP contribution in [0, 0.1) is 5.82 Å². The maximum Gasteiger partial charge on any atom is 0.292 e. The third-order valence-corrected chi connectivity index (χ3v) is 4.02. The molecule has 0 radical (unpaired) electrons. The summed E-state index contributed by atoms with van der Waals surface area (Å²) in [6.45, 7) is 1.14. The van der Waals surface area contributed by atoms with Gasteiger partial charge in [0, 0.05) is 5.56 Å². The molecule has 22 heavy (non-hydrogen) atoms. The molecule has 2 aliphatic heterocycles. The molecule has 4 nitrogen and oxygen atoms in total. The molecule has 2 aliphatic rings. The second kappa shape index (κ2) is 4.90. The molecule has 0 aromatic heterocycles. The van der Waals surface area contributed by atoms with Crippen LogP contribution in [-0.4, -0.2) is 19.1 Å². The predicted octanol–water partition coefficient (Wildman–Crippen LogP) is 2.57. The summed E-state index contributed by atoms with van der Waals surface area (Å²) < 4.78 is 24.3. The quantitative estimate of drug-likeness (QED) is 0.855. The highest BCUT2D eigenvalue weighted by Crippen LogP contribution is 2.45. The van der Waals surface area contributed by atoms with Crippen molar-refractivity contribution >= 4 is 11.6 Å². The molecule has 0 atom stereocenters. The van der Waals surface area contributed by atoms with Crippen LogP contribution >= 0.6 is 0 Å². The Morgan fingerprint density at radius 2 is 1.73 bits per heavy atom. The van der Waals surface area contributed by atoms with E-state index in [1.807, 2.05) is 24.3 Å². The first-order valence-electron chi connectivity index (χ1n) is 7.14. The van der Waals surface area contributed by atoms with Crippen molar-refractivity contribution in [2.45, 2.75) is 12.3 Å². The number of ether oxygens (including phenoxy) is 2. The van der Waals surface area contributed by atoms with Gasteiger partial charge < -0.3 is 14.4 Å². The number of fused-ring (bicyclic) bond motifs is 2. The van der Waals surface area contributed by atoms with Gasteiger partial charge in [-0.15, -0.1) is 0 Å². The Morgan fingerprint density at radius 1 is 1.05 bits per heavy atom. The zero-order chi connectivity index (χ0) is 15.2. The first-order chi connectivity index (χ1) is 10.7. The fourth-order valence-electron chi connectivity index (χ4n) is 3.01. The van der Waals surface area contributed by atoms with Gasteiger partial charge in [-0.05, 0) is 23.8 Å². The number of hydrogen-bond donors (Lipinski definition) is 0. The van der Waals surface area contributed by atoms with Crippen molar-refractivity contribution in [2.75, 3.05) is 18.1 Å². The molecule has 4 rings (SSSR count). The first kappa shape index (κ1) is 13.4. The van der Waals surface area contributed by atoms with E-state index in [0.717, 1.165) is 16.8 Å². The van der Waals surface area contributed by atoms with Gasteiger partial charge in [-0.1, -0.05) is 30.3 Å². The van der Waals surface area contributed by atoms with Crippen LogP contribution in [0.5, 0.6) is 0 Å². The number of carbonyl (C=O) groups is 1. The van der Waals surface area contributed by atoms with Gasteiger partial charge in [0.05, 0.1) is 25.4 Å². The van der Waals surface area contributed by atoms with Gasteiger partial charge in [-0.3, -0.25) is 4.79 Å². The maximum atomic E-state index is 13.0. The average Bonchev–Trinajstić information content (AvgIpc) is 3.11. The Bertz CT molecular complexity index is 723. The monoisotopic (exact) mass is 299 g/mol. The van der Waals surface area contributed by atoms with Crippen LogP contribution in [0.2, 0.25) is 0 Å². The number of hydrogen-bond acceptors (Lipinski definition) is 3. The van der Waals surface area contributed by atoms with E-state index in [4.69, 9.17) is 9.47 Å². The Hall–Kier alpha value is -2.24. The second-order valence-corrected chi connectivity index (χ2v) is 5.35. The summed E-state index contributed by atoms with van der Waals surface area (Å²) in [7, 11) is 0. The minimum Gasteiger partial charge on any atom is -0.336 e. The Morgan fingerprint density at radius 3 is 2.45 bits per heavy atom. The van der Waals surface area contributed by atoms with Crippen LogP contribution in [0.4, 0.5) is 10.1 Å². The number of anilines is 1. The van der Waals surface area contributed by atoms with Crippen LogP contribution in [0.3, 0.4) is 0 Å². The molecule has 2 heterocycles. The van der Waals surface area contributed by atoms with Crippen molar-refractivity contribution in [3.8, 4) is 0 Å². The number of benzene rings is 2. The molecule has 0 aliphatic carbocycles. The Balaban J connectivity index is 1.74. The van der Waals surface area contributed by atoms with E-state index in [1.165, 1.54) is 12.1 Å². The molecule has 112 valence electrons. The lowest BCUT2D eigenvalue weighted by atomic mass is 10.1. The van der Waals surface area contributed by atoms with Crippen molar-refractivity contribution in [3.63, 3.8) is 0 Å². The third-order valence-electron chi connectivity index (χ3n) is 4.02. The summed E-state index contributed by atoms with van der Waals surface area (Å²) in [6.07, 6.45) is 0. The molecule has 0 unspecified atom stereocenters. The molecule has 0 saturated carbocycles. The molecule has 2 aromatic carbocycles. The standard InChI is InChI=1S/C17H14FNO3/c18-13-7-5-12(6-8-13)11-19-15-4-2-1-3-14(15)17(16(19)20)21-9-10-22-17/h1-8H,9-11H2. The summed E-state index contributed by atoms with van der Waals surface area (Å²) in [4.78, 5) is 14.5. The largest absolute Gasteiger partial charge is 0.336 e. The molecule has 1 saturated heterocycles. The van der Waals surface area contributed by atoms with E-state index in [9.17, 15) is 9.18 Å². The molecule has 0 bridgehead atoms. The van der Waals surface area contributed by atoms with Gasteiger partial charge in [0.15, 0.2) is 0 Å². The molecule has 5 heteroatoms. The number of halogens is 1. The summed E-state index contributed by atoms with van der Waals surface area (Å²) in [6, 6.07) is 13.6. The fraction of sp³-hybridized carbons (Fsp3) is 0.235. The highest BCUT2D eigenvalue weighted by atomic mass is 19.1. The van der Waals surface area contributed by atoms with Crippen molar-refractivity contribution in [2.24, 2.45) is 0 Å². The number of carbonyl (C=O) groups excluding carboxylic acids is 1. The highest BCUT2D eigenvalue weighted by molar-refractivity contribution is 6.06. The van der Waals surface area contributed by atoms with Gasteiger partial charge in [0.1, 0.15) is 5.82 Å². The molecule has 2 aromatic rings. The summed E-state index contributed by atoms with van der Waals surface area (Å²) in [5, 5.41) is 0. The van der Waals surface area contributed by atoms with Crippen LogP contribution in [0.1, 0.15) is 11.1 Å². The molecule has 1 spiro atoms. The Labute approximate surface area is 127 Å². The van der Waals surface area contributed by atoms with Crippen LogP contribution in [0.15, 0.2) is 48.5 Å². The van der Waals surface area contributed by atoms with E-state index >= 15 is 0 Å². The normalized spacial score (nSPS) is 19.0. The lowest BCUT2D eigenvalue weighted by Gasteiger charge is -2.22. The fourth-order valence-corrected chi connectivity index (χ4v) is 3.01. The summed E-state index contributed by atoms with van der Waals surface area (Å²) >= 11 is 0. The van der Waals surface area contributed by atoms with E-state index < -0.39 is 5.79 Å². The van der Waals surface area contributed by atoms with Crippen molar-refractivity contribution in [3.05, 3.63) is 65.5 Å². The zero-order valence-corrected chi connectivity index (χ0v) is 11.8. The molecule has 1 fully saturated rings. The lowest BCUT2D eigenvalue weighted by molar-refractivity contribution is -0.180. The van der Waals surface area contributed by atoms with Crippen LogP contribution in [-0.2, 0) is 26.6 Å². The van der Waals surface area contributed by atoms with Gasteiger partial charge in [-0.2, -0.15) is 0 Å². The van der Waals surface area contributed by atoms with Crippen molar-refractivity contribution in [1.29, 1.82) is 0 Å². The minimum atomic E-state index is -1.31. The Kier molecular flexibility index (Phi) is 2.99. The van der Waals surface area contributed by atoms with Crippen LogP contribution in [0.25, 0.3) is 0 Å². The molecule has 0 N–H and O–H groups in total. The molecular formula is C17H14FNO3. The SMILES string of the molecule is O=C1N(Cc2ccc(F)cc2)c2ccccc2C12OCCO2. The van der Waals surface area contributed by atoms with Gasteiger partial charge >= 0.3 is 0 Å². The van der Waals surface area contributed by atoms with E-state index in [-0.39, 0.29) is 11.7 Å². The van der Waals surface area contributed by atoms with E-state index in [1.54, 1.807) is 17.0 Å². The number of nitrogens with zero attached hydrogens (tertiary/aromatic N) is 1. The predicted molar refractivity (Wildman–Crippen MR) is 77.6 cm³/mol. The summed E-state index contributed by atoms with van der Waals surface area (Å²) in [5.41, 5.74) is 2.36. The van der Waals surface area contributed by atoms with Crippen LogP contribution < -0.4 is 4.90 Å². The van der Waals surface area contributed by atoms with Crippen molar-refractivity contribution < 1.29 is 18.7 Å². The number of amides is 1. The maximum absolute atomic E-state index is 13.0. The molecular weight excluding hydrogens is 285 g/mol. The topological polar surface area (TPSA) is 38.8 Å². The highest BCUT2D eigenvalue weighted by Gasteiger charge is 2.55. The van der Waals surface area contributed by atoms with Gasteiger partial charge in [0.25, 0.3) is 11.7 Å². The second-order valence-electron chi connectivity index (χ2n) is 5.35. The lowest BCUT2D eigenvalue weighted by Crippen LogP contribution is -2.40. The summed E-state index contributed by atoms with van der Waals surface area (Å²) in [5.74, 6) is -1.83. The van der Waals surface area contributed by atoms with E-state index in [2.05, 4.69) is 0 Å². The third kappa shape index (κ3) is 1.86. The molecule has 1 amide bonds. The van der Waals surface area contributed by atoms with E-state index in [0.29, 0.717) is 19.8 Å². The smallest absolute Gasteiger partial charge is 0.292 e. The van der Waals surface area contributed by atoms with Gasteiger partial charge in [0.2, 0.25) is 0 Å². The zero-order valence-electron chi connectivity index (χ0n) is 11.8. The van der Waals surface area contributed by atoms with Gasteiger partial charge in [-0.25, -0.2) is 4.39 Å². The minimum absolute atomic E-state index is 0.226. The van der Waals surface area contributed by atoms with Crippen molar-refractivity contribution in [1.82, 2.24) is 0 Å².